The third-order valence-corrected chi connectivity index (χ3v) is 6.55. The van der Waals surface area contributed by atoms with Gasteiger partial charge in [-0.15, -0.1) is 0 Å². The number of allylic oxidation sites excluding steroid dienone is 3. The molecule has 2 aliphatic heterocycles. The monoisotopic (exact) mass is 474 g/mol. The van der Waals surface area contributed by atoms with Crippen LogP contribution >= 0.6 is 0 Å². The van der Waals surface area contributed by atoms with Crippen LogP contribution in [0.2, 0.25) is 0 Å². The van der Waals surface area contributed by atoms with E-state index in [1.807, 2.05) is 0 Å². The summed E-state index contributed by atoms with van der Waals surface area (Å²) in [6.07, 6.45) is -11.1. The van der Waals surface area contributed by atoms with Crippen LogP contribution in [0.1, 0.15) is 13.8 Å². The van der Waals surface area contributed by atoms with Crippen molar-refractivity contribution >= 4 is 5.97 Å². The van der Waals surface area contributed by atoms with Crippen molar-refractivity contribution in [1.82, 2.24) is 0 Å². The van der Waals surface area contributed by atoms with E-state index in [0.29, 0.717) is 0 Å². The molecule has 33 heavy (non-hydrogen) atoms. The highest BCUT2D eigenvalue weighted by molar-refractivity contribution is 5.80. The third kappa shape index (κ3) is 4.28. The fourth-order valence-corrected chi connectivity index (χ4v) is 4.51. The van der Waals surface area contributed by atoms with E-state index in [2.05, 4.69) is 0 Å². The molecule has 0 aromatic rings. The van der Waals surface area contributed by atoms with Gasteiger partial charge in [-0.25, -0.2) is 4.79 Å². The summed E-state index contributed by atoms with van der Waals surface area (Å²) in [5.41, 5.74) is -5.23. The van der Waals surface area contributed by atoms with Gasteiger partial charge in [-0.05, 0) is 37.6 Å². The number of rotatable bonds is 4. The fourth-order valence-electron chi connectivity index (χ4n) is 4.51. The number of carboxylic acids is 1. The first kappa shape index (κ1) is 25.9. The Morgan fingerprint density at radius 1 is 0.818 bits per heavy atom. The summed E-state index contributed by atoms with van der Waals surface area (Å²) in [6, 6.07) is 0. The molecule has 3 aliphatic rings. The second-order valence-corrected chi connectivity index (χ2v) is 8.77. The van der Waals surface area contributed by atoms with E-state index < -0.39 is 78.2 Å². The summed E-state index contributed by atoms with van der Waals surface area (Å²) in [6.45, 7) is 2.73. The van der Waals surface area contributed by atoms with Crippen LogP contribution in [0.25, 0.3) is 0 Å². The average Bonchev–Trinajstić information content (AvgIpc) is 2.76. The molecule has 0 saturated carbocycles. The van der Waals surface area contributed by atoms with Crippen LogP contribution in [-0.4, -0.2) is 124 Å². The first-order valence-corrected chi connectivity index (χ1v) is 10.4. The Bertz CT molecular complexity index is 841. The van der Waals surface area contributed by atoms with E-state index in [1.54, 1.807) is 0 Å². The first-order chi connectivity index (χ1) is 15.2. The molecule has 0 aromatic heterocycles. The Balaban J connectivity index is 2.13. The molecule has 12 heteroatoms. The molecule has 2 heterocycles. The van der Waals surface area contributed by atoms with Crippen molar-refractivity contribution in [3.05, 3.63) is 36.0 Å². The van der Waals surface area contributed by atoms with Gasteiger partial charge in [0.2, 0.25) is 0 Å². The van der Waals surface area contributed by atoms with Crippen LogP contribution in [0.15, 0.2) is 36.0 Å². The van der Waals surface area contributed by atoms with Crippen LogP contribution in [0, 0.1) is 0 Å². The zero-order valence-electron chi connectivity index (χ0n) is 17.9. The van der Waals surface area contributed by atoms with Crippen molar-refractivity contribution in [3.8, 4) is 0 Å². The van der Waals surface area contributed by atoms with Gasteiger partial charge in [-0.1, -0.05) is 6.08 Å². The number of aliphatic hydroxyl groups is 8. The van der Waals surface area contributed by atoms with Gasteiger partial charge in [0, 0.05) is 6.08 Å². The lowest BCUT2D eigenvalue weighted by molar-refractivity contribution is -0.314. The summed E-state index contributed by atoms with van der Waals surface area (Å²) in [7, 11) is 0. The van der Waals surface area contributed by atoms with E-state index in [1.165, 1.54) is 19.9 Å². The van der Waals surface area contributed by atoms with Crippen LogP contribution in [0.5, 0.6) is 0 Å². The van der Waals surface area contributed by atoms with Crippen molar-refractivity contribution < 1.29 is 60.2 Å². The van der Waals surface area contributed by atoms with Gasteiger partial charge in [0.25, 0.3) is 0 Å². The van der Waals surface area contributed by atoms with Gasteiger partial charge in [0.1, 0.15) is 60.0 Å². The number of hydrogen-bond donors (Lipinski definition) is 9. The zero-order chi connectivity index (χ0) is 24.9. The highest BCUT2D eigenvalue weighted by Crippen LogP contribution is 2.45. The third-order valence-electron chi connectivity index (χ3n) is 6.55. The van der Waals surface area contributed by atoms with Crippen molar-refractivity contribution in [3.63, 3.8) is 0 Å². The summed E-state index contributed by atoms with van der Waals surface area (Å²) < 4.78 is 11.1. The molecule has 0 aromatic carbocycles. The lowest BCUT2D eigenvalue weighted by Crippen LogP contribution is -2.76. The highest BCUT2D eigenvalue weighted by atomic mass is 16.6. The van der Waals surface area contributed by atoms with E-state index in [0.717, 1.165) is 24.3 Å². The molecule has 2 fully saturated rings. The zero-order valence-corrected chi connectivity index (χ0v) is 17.9. The second-order valence-electron chi connectivity index (χ2n) is 8.77. The summed E-state index contributed by atoms with van der Waals surface area (Å²) >= 11 is 0. The Morgan fingerprint density at radius 3 is 1.73 bits per heavy atom. The van der Waals surface area contributed by atoms with E-state index in [9.17, 15) is 45.6 Å². The van der Waals surface area contributed by atoms with Gasteiger partial charge < -0.3 is 55.4 Å². The Hall–Kier alpha value is -1.71. The number of carbonyl (C=O) groups is 1. The molecule has 2 saturated heterocycles. The molecule has 0 radical (unpaired) electrons. The molecule has 0 bridgehead atoms. The fraction of sp³-hybridized carbons (Fsp3) is 0.667. The lowest BCUT2D eigenvalue weighted by Gasteiger charge is -2.56. The molecule has 12 nitrogen and oxygen atoms in total. The molecule has 12 atom stereocenters. The maximum absolute atomic E-state index is 11.8. The molecule has 0 spiro atoms. The van der Waals surface area contributed by atoms with Crippen LogP contribution in [0.4, 0.5) is 0 Å². The largest absolute Gasteiger partial charge is 0.478 e. The van der Waals surface area contributed by atoms with Crippen molar-refractivity contribution in [1.29, 1.82) is 0 Å². The second kappa shape index (κ2) is 9.15. The number of aliphatic carboxylic acids is 1. The Labute approximate surface area is 188 Å². The predicted molar refractivity (Wildman–Crippen MR) is 109 cm³/mol. The minimum atomic E-state index is -2.68. The predicted octanol–water partition coefficient (Wildman–Crippen LogP) is -3.67. The Morgan fingerprint density at radius 2 is 1.27 bits per heavy atom. The van der Waals surface area contributed by atoms with Crippen molar-refractivity contribution in [2.24, 2.45) is 0 Å². The van der Waals surface area contributed by atoms with E-state index in [4.69, 9.17) is 14.6 Å². The van der Waals surface area contributed by atoms with Crippen molar-refractivity contribution in [2.45, 2.75) is 86.1 Å². The van der Waals surface area contributed by atoms with E-state index in [-0.39, 0.29) is 5.57 Å². The molecule has 9 N–H and O–H groups in total. The topological polar surface area (TPSA) is 218 Å². The molecule has 4 unspecified atom stereocenters. The molecular weight excluding hydrogens is 444 g/mol. The Kier molecular flexibility index (Phi) is 7.18. The quantitative estimate of drug-likeness (QED) is 0.180. The summed E-state index contributed by atoms with van der Waals surface area (Å²) in [5.74, 6) is -1.30. The van der Waals surface area contributed by atoms with Crippen molar-refractivity contribution in [2.75, 3.05) is 0 Å². The lowest BCUT2D eigenvalue weighted by atomic mass is 9.66. The number of carboxylic acid groups (broad SMARTS) is 1. The maximum atomic E-state index is 11.8. The molecule has 1 aliphatic carbocycles. The SMILES string of the molecule is C[C@H]1OC(C2(O)C=CC(C=CC(=O)O)=CC2(O)C2O[C@H](C)[C@H](O)[C@H](O)[C@H]2O)[C@H](O)[C@@H](O)[C@H]1O. The summed E-state index contributed by atoms with van der Waals surface area (Å²) in [4.78, 5) is 10.9. The molecular formula is C21H30O12. The highest BCUT2D eigenvalue weighted by Gasteiger charge is 2.65. The standard InChI is InChI=1S/C21H30O12/c1-8-12(24)14(26)16(28)18(32-8)20(30)6-5-10(3-4-11(22)23)7-21(20,31)19-17(29)15(27)13(25)9(2)33-19/h3-9,12-19,24-31H,1-2H3,(H,22,23)/t8-,9-,12+,13+,14+,15+,16-,17-,18?,19?,20?,21?/m1/s1. The van der Waals surface area contributed by atoms with E-state index >= 15 is 0 Å². The minimum Gasteiger partial charge on any atom is -0.478 e. The van der Waals surface area contributed by atoms with Crippen LogP contribution < -0.4 is 0 Å². The number of hydrogen-bond acceptors (Lipinski definition) is 11. The smallest absolute Gasteiger partial charge is 0.328 e. The van der Waals surface area contributed by atoms with Gasteiger partial charge in [-0.2, -0.15) is 0 Å². The normalized spacial score (nSPS) is 50.9. The molecule has 0 amide bonds. The number of ether oxygens (including phenoxy) is 2. The summed E-state index contributed by atoms with van der Waals surface area (Å²) in [5, 5.41) is 94.1. The van der Waals surface area contributed by atoms with Gasteiger partial charge in [0.15, 0.2) is 0 Å². The van der Waals surface area contributed by atoms with Crippen LogP contribution in [-0.2, 0) is 14.3 Å². The van der Waals surface area contributed by atoms with Gasteiger partial charge >= 0.3 is 5.97 Å². The molecule has 3 rings (SSSR count). The van der Waals surface area contributed by atoms with Gasteiger partial charge in [0.05, 0.1) is 12.2 Å². The average molecular weight is 474 g/mol. The number of aliphatic hydroxyl groups excluding tert-OH is 6. The minimum absolute atomic E-state index is 0.0626. The maximum Gasteiger partial charge on any atom is 0.328 e. The van der Waals surface area contributed by atoms with Gasteiger partial charge in [-0.3, -0.25) is 0 Å². The first-order valence-electron chi connectivity index (χ1n) is 10.4. The molecule has 186 valence electrons. The van der Waals surface area contributed by atoms with Crippen LogP contribution in [0.3, 0.4) is 0 Å².